The van der Waals surface area contributed by atoms with Crippen molar-refractivity contribution < 1.29 is 19.1 Å². The number of carbonyl (C=O) groups is 2. The molecule has 108 valence electrons. The minimum absolute atomic E-state index is 0.0699. The van der Waals surface area contributed by atoms with Crippen molar-refractivity contribution in [1.29, 1.82) is 0 Å². The summed E-state index contributed by atoms with van der Waals surface area (Å²) in [7, 11) is 0. The lowest BCUT2D eigenvalue weighted by molar-refractivity contribution is 0.0698. The van der Waals surface area contributed by atoms with Crippen LogP contribution < -0.4 is 5.32 Å². The molecule has 2 rings (SSSR count). The van der Waals surface area contributed by atoms with Crippen molar-refractivity contribution >= 4 is 45.1 Å². The summed E-state index contributed by atoms with van der Waals surface area (Å²) >= 11 is 8.77. The molecule has 0 atom stereocenters. The Morgan fingerprint density at radius 1 is 1.19 bits per heavy atom. The van der Waals surface area contributed by atoms with Crippen LogP contribution in [0.25, 0.3) is 0 Å². The maximum atomic E-state index is 13.1. The topological polar surface area (TPSA) is 66.4 Å². The van der Waals surface area contributed by atoms with Crippen molar-refractivity contribution in [1.82, 2.24) is 0 Å². The van der Waals surface area contributed by atoms with Crippen LogP contribution in [0.15, 0.2) is 40.9 Å². The molecule has 0 radical (unpaired) electrons. The van der Waals surface area contributed by atoms with Crippen LogP contribution in [0.2, 0.25) is 5.02 Å². The number of carboxylic acids is 1. The number of amides is 1. The van der Waals surface area contributed by atoms with Crippen LogP contribution in [0.4, 0.5) is 10.1 Å². The van der Waals surface area contributed by atoms with Crippen LogP contribution in [0.5, 0.6) is 0 Å². The van der Waals surface area contributed by atoms with E-state index in [-0.39, 0.29) is 26.3 Å². The number of carboxylic acid groups (broad SMARTS) is 1. The minimum atomic E-state index is -1.19. The first-order valence-corrected chi connectivity index (χ1v) is 6.85. The van der Waals surface area contributed by atoms with Crippen LogP contribution in [0.1, 0.15) is 20.7 Å². The zero-order valence-electron chi connectivity index (χ0n) is 10.4. The van der Waals surface area contributed by atoms with E-state index < -0.39 is 17.7 Å². The number of benzene rings is 2. The van der Waals surface area contributed by atoms with Gasteiger partial charge in [-0.1, -0.05) is 11.6 Å². The minimum Gasteiger partial charge on any atom is -0.478 e. The molecule has 0 saturated heterocycles. The smallest absolute Gasteiger partial charge is 0.337 e. The van der Waals surface area contributed by atoms with Gasteiger partial charge in [-0.2, -0.15) is 0 Å². The normalized spacial score (nSPS) is 10.2. The Bertz CT molecular complexity index is 736. The Balaban J connectivity index is 2.33. The van der Waals surface area contributed by atoms with Crippen LogP contribution in [0, 0.1) is 5.82 Å². The second-order valence-electron chi connectivity index (χ2n) is 4.08. The summed E-state index contributed by atoms with van der Waals surface area (Å²) < 4.78 is 13.3. The van der Waals surface area contributed by atoms with Gasteiger partial charge in [0.15, 0.2) is 0 Å². The molecule has 0 aliphatic rings. The molecule has 0 heterocycles. The first-order valence-electron chi connectivity index (χ1n) is 5.67. The number of hydrogen-bond donors (Lipinski definition) is 2. The van der Waals surface area contributed by atoms with Gasteiger partial charge in [-0.05, 0) is 52.3 Å². The molecule has 0 bridgehead atoms. The fourth-order valence-corrected chi connectivity index (χ4v) is 2.19. The van der Waals surface area contributed by atoms with E-state index in [1.807, 2.05) is 0 Å². The summed E-state index contributed by atoms with van der Waals surface area (Å²) in [5.41, 5.74) is 0.161. The number of anilines is 1. The van der Waals surface area contributed by atoms with Crippen LogP contribution in [0.3, 0.4) is 0 Å². The second kappa shape index (κ2) is 6.24. The standard InChI is InChI=1S/C14H8BrClFNO3/c15-10-5-7(1-4-11(10)17)13(19)18-12-6-8(16)2-3-9(12)14(20)21/h1-6H,(H,18,19)(H,20,21). The van der Waals surface area contributed by atoms with Gasteiger partial charge in [0.05, 0.1) is 15.7 Å². The van der Waals surface area contributed by atoms with Crippen molar-refractivity contribution in [3.05, 3.63) is 62.8 Å². The van der Waals surface area contributed by atoms with Crippen molar-refractivity contribution in [2.45, 2.75) is 0 Å². The van der Waals surface area contributed by atoms with Gasteiger partial charge in [0.2, 0.25) is 0 Å². The number of hydrogen-bond acceptors (Lipinski definition) is 2. The molecule has 2 aromatic rings. The predicted octanol–water partition coefficient (Wildman–Crippen LogP) is 4.19. The van der Waals surface area contributed by atoms with E-state index in [2.05, 4.69) is 21.2 Å². The largest absolute Gasteiger partial charge is 0.478 e. The maximum Gasteiger partial charge on any atom is 0.337 e. The van der Waals surface area contributed by atoms with Gasteiger partial charge in [-0.3, -0.25) is 4.79 Å². The summed E-state index contributed by atoms with van der Waals surface area (Å²) in [6.07, 6.45) is 0. The zero-order chi connectivity index (χ0) is 15.6. The quantitative estimate of drug-likeness (QED) is 0.849. The van der Waals surface area contributed by atoms with E-state index in [0.29, 0.717) is 0 Å². The SMILES string of the molecule is O=C(Nc1cc(Cl)ccc1C(=O)O)c1ccc(F)c(Br)c1. The van der Waals surface area contributed by atoms with Gasteiger partial charge in [-0.25, -0.2) is 9.18 Å². The highest BCUT2D eigenvalue weighted by Crippen LogP contribution is 2.23. The van der Waals surface area contributed by atoms with Crippen molar-refractivity contribution in [3.8, 4) is 0 Å². The molecule has 0 aliphatic heterocycles. The van der Waals surface area contributed by atoms with Gasteiger partial charge in [0, 0.05) is 10.6 Å². The highest BCUT2D eigenvalue weighted by molar-refractivity contribution is 9.10. The third-order valence-corrected chi connectivity index (χ3v) is 3.48. The number of aromatic carboxylic acids is 1. The number of halogens is 3. The van der Waals surface area contributed by atoms with Gasteiger partial charge in [0.1, 0.15) is 5.82 Å². The third kappa shape index (κ3) is 3.59. The Morgan fingerprint density at radius 3 is 2.52 bits per heavy atom. The molecule has 0 unspecified atom stereocenters. The molecular weight excluding hydrogens is 365 g/mol. The van der Waals surface area contributed by atoms with E-state index in [4.69, 9.17) is 16.7 Å². The summed E-state index contributed by atoms with van der Waals surface area (Å²) in [5, 5.41) is 11.8. The number of rotatable bonds is 3. The molecule has 21 heavy (non-hydrogen) atoms. The molecule has 7 heteroatoms. The second-order valence-corrected chi connectivity index (χ2v) is 5.37. The average Bonchev–Trinajstić information content (AvgIpc) is 2.41. The lowest BCUT2D eigenvalue weighted by Gasteiger charge is -2.09. The van der Waals surface area contributed by atoms with Gasteiger partial charge < -0.3 is 10.4 Å². The average molecular weight is 373 g/mol. The van der Waals surface area contributed by atoms with E-state index in [9.17, 15) is 14.0 Å². The van der Waals surface area contributed by atoms with Crippen molar-refractivity contribution in [2.75, 3.05) is 5.32 Å². The van der Waals surface area contributed by atoms with E-state index >= 15 is 0 Å². The van der Waals surface area contributed by atoms with E-state index in [1.54, 1.807) is 0 Å². The number of carbonyl (C=O) groups excluding carboxylic acids is 1. The summed E-state index contributed by atoms with van der Waals surface area (Å²) in [5.74, 6) is -2.26. The third-order valence-electron chi connectivity index (χ3n) is 2.64. The Kier molecular flexibility index (Phi) is 4.59. The highest BCUT2D eigenvalue weighted by Gasteiger charge is 2.15. The fourth-order valence-electron chi connectivity index (χ4n) is 1.64. The van der Waals surface area contributed by atoms with Crippen LogP contribution >= 0.6 is 27.5 Å². The number of nitrogens with one attached hydrogen (secondary N) is 1. The molecule has 0 aliphatic carbocycles. The Labute approximate surface area is 132 Å². The lowest BCUT2D eigenvalue weighted by atomic mass is 10.1. The van der Waals surface area contributed by atoms with E-state index in [0.717, 1.165) is 6.07 Å². The molecule has 0 spiro atoms. The molecule has 4 nitrogen and oxygen atoms in total. The molecular formula is C14H8BrClFNO3. The fraction of sp³-hybridized carbons (Fsp3) is 0. The summed E-state index contributed by atoms with van der Waals surface area (Å²) in [6, 6.07) is 7.77. The molecule has 0 fully saturated rings. The molecule has 0 saturated carbocycles. The van der Waals surface area contributed by atoms with Gasteiger partial charge in [-0.15, -0.1) is 0 Å². The first kappa shape index (κ1) is 15.5. The van der Waals surface area contributed by atoms with Crippen LogP contribution in [-0.4, -0.2) is 17.0 Å². The van der Waals surface area contributed by atoms with Crippen molar-refractivity contribution in [2.24, 2.45) is 0 Å². The van der Waals surface area contributed by atoms with E-state index in [1.165, 1.54) is 30.3 Å². The first-order chi connectivity index (χ1) is 9.88. The maximum absolute atomic E-state index is 13.1. The molecule has 2 aromatic carbocycles. The lowest BCUT2D eigenvalue weighted by Crippen LogP contribution is -2.15. The Morgan fingerprint density at radius 2 is 1.90 bits per heavy atom. The van der Waals surface area contributed by atoms with Crippen molar-refractivity contribution in [3.63, 3.8) is 0 Å². The van der Waals surface area contributed by atoms with Gasteiger partial charge in [0.25, 0.3) is 5.91 Å². The molecule has 0 aromatic heterocycles. The highest BCUT2D eigenvalue weighted by atomic mass is 79.9. The van der Waals surface area contributed by atoms with Gasteiger partial charge >= 0.3 is 5.97 Å². The van der Waals surface area contributed by atoms with Crippen LogP contribution in [-0.2, 0) is 0 Å². The molecule has 1 amide bonds. The summed E-state index contributed by atoms with van der Waals surface area (Å²) in [4.78, 5) is 23.2. The summed E-state index contributed by atoms with van der Waals surface area (Å²) in [6.45, 7) is 0. The monoisotopic (exact) mass is 371 g/mol. The molecule has 2 N–H and O–H groups in total. The predicted molar refractivity (Wildman–Crippen MR) is 80.5 cm³/mol. The zero-order valence-corrected chi connectivity index (χ0v) is 12.7. The Hall–Kier alpha value is -1.92.